The Kier molecular flexibility index (Phi) is 4.85. The quantitative estimate of drug-likeness (QED) is 0.792. The highest BCUT2D eigenvalue weighted by Gasteiger charge is 2.34. The number of hydrogen-bond donors (Lipinski definition) is 2. The second kappa shape index (κ2) is 6.23. The number of nitrogens with zero attached hydrogens (tertiary/aromatic N) is 1. The second-order valence-electron chi connectivity index (χ2n) is 6.77. The molecule has 1 aliphatic heterocycles. The zero-order valence-electron chi connectivity index (χ0n) is 12.4. The Morgan fingerprint density at radius 3 is 2.47 bits per heavy atom. The Morgan fingerprint density at radius 1 is 1.26 bits per heavy atom. The third kappa shape index (κ3) is 4.46. The summed E-state index contributed by atoms with van der Waals surface area (Å²) in [5, 5.41) is 13.5. The molecule has 3 atom stereocenters. The normalized spacial score (nSPS) is 29.6. The van der Waals surface area contributed by atoms with Crippen LogP contribution in [0.2, 0.25) is 0 Å². The number of amides is 1. The number of aliphatic hydroxyl groups excluding tert-OH is 1. The van der Waals surface area contributed by atoms with Gasteiger partial charge in [-0.05, 0) is 32.1 Å². The monoisotopic (exact) mass is 268 g/mol. The summed E-state index contributed by atoms with van der Waals surface area (Å²) in [6.45, 7) is 7.52. The number of piperidine rings is 1. The summed E-state index contributed by atoms with van der Waals surface area (Å²) in [6.07, 6.45) is 3.78. The first-order chi connectivity index (χ1) is 8.95. The lowest BCUT2D eigenvalue weighted by atomic mass is 9.89. The molecule has 1 saturated heterocycles. The van der Waals surface area contributed by atoms with Crippen molar-refractivity contribution in [2.75, 3.05) is 13.1 Å². The van der Waals surface area contributed by atoms with Gasteiger partial charge in [-0.1, -0.05) is 13.8 Å². The first kappa shape index (κ1) is 14.8. The lowest BCUT2D eigenvalue weighted by Crippen LogP contribution is -2.53. The minimum absolute atomic E-state index is 0.209. The van der Waals surface area contributed by atoms with Gasteiger partial charge in [0.25, 0.3) is 0 Å². The molecule has 110 valence electrons. The van der Waals surface area contributed by atoms with E-state index in [9.17, 15) is 9.90 Å². The van der Waals surface area contributed by atoms with E-state index in [1.807, 2.05) is 11.8 Å². The van der Waals surface area contributed by atoms with Crippen molar-refractivity contribution in [3.8, 4) is 0 Å². The minimum Gasteiger partial charge on any atom is -0.393 e. The van der Waals surface area contributed by atoms with Gasteiger partial charge in [-0.2, -0.15) is 0 Å². The Bertz CT molecular complexity index is 313. The maximum atomic E-state index is 12.2. The van der Waals surface area contributed by atoms with Crippen molar-refractivity contribution in [1.29, 1.82) is 0 Å². The first-order valence-electron chi connectivity index (χ1n) is 7.67. The molecule has 2 fully saturated rings. The van der Waals surface area contributed by atoms with Crippen LogP contribution in [0.4, 0.5) is 0 Å². The van der Waals surface area contributed by atoms with Crippen LogP contribution in [0.3, 0.4) is 0 Å². The molecule has 2 aliphatic rings. The van der Waals surface area contributed by atoms with Gasteiger partial charge in [0.05, 0.1) is 6.10 Å². The average Bonchev–Trinajstić information content (AvgIpc) is 3.11. The van der Waals surface area contributed by atoms with E-state index in [-0.39, 0.29) is 17.9 Å². The van der Waals surface area contributed by atoms with E-state index >= 15 is 0 Å². The fourth-order valence-corrected chi connectivity index (χ4v) is 2.87. The van der Waals surface area contributed by atoms with Crippen LogP contribution in [0.15, 0.2) is 0 Å². The predicted molar refractivity (Wildman–Crippen MR) is 75.8 cm³/mol. The average molecular weight is 268 g/mol. The summed E-state index contributed by atoms with van der Waals surface area (Å²) in [7, 11) is 0. The van der Waals surface area contributed by atoms with Gasteiger partial charge >= 0.3 is 0 Å². The summed E-state index contributed by atoms with van der Waals surface area (Å²) >= 11 is 0. The smallest absolute Gasteiger partial charge is 0.222 e. The van der Waals surface area contributed by atoms with Gasteiger partial charge in [0, 0.05) is 37.5 Å². The Labute approximate surface area is 116 Å². The number of hydrogen-bond acceptors (Lipinski definition) is 3. The summed E-state index contributed by atoms with van der Waals surface area (Å²) in [4.78, 5) is 14.2. The van der Waals surface area contributed by atoms with E-state index in [2.05, 4.69) is 19.2 Å². The first-order valence-corrected chi connectivity index (χ1v) is 7.67. The van der Waals surface area contributed by atoms with Crippen molar-refractivity contribution in [2.24, 2.45) is 11.8 Å². The van der Waals surface area contributed by atoms with E-state index < -0.39 is 0 Å². The standard InChI is InChI=1S/C15H28N2O2/c1-10(2)6-15(19)17-8-12(11(3)18)7-14(9-17)16-13-4-5-13/h10-14,16,18H,4-9H2,1-3H3. The maximum absolute atomic E-state index is 12.2. The number of nitrogens with one attached hydrogen (secondary N) is 1. The molecule has 0 aromatic rings. The SMILES string of the molecule is CC(C)CC(=O)N1CC(NC2CC2)CC(C(C)O)C1. The van der Waals surface area contributed by atoms with Gasteiger partial charge < -0.3 is 15.3 Å². The molecule has 1 heterocycles. The van der Waals surface area contributed by atoms with E-state index in [0.717, 1.165) is 13.0 Å². The molecule has 4 heteroatoms. The molecular formula is C15H28N2O2. The number of carbonyl (C=O) groups excluding carboxylic acids is 1. The van der Waals surface area contributed by atoms with Crippen molar-refractivity contribution in [1.82, 2.24) is 10.2 Å². The van der Waals surface area contributed by atoms with Crippen LogP contribution in [0.25, 0.3) is 0 Å². The number of likely N-dealkylation sites (tertiary alicyclic amines) is 1. The van der Waals surface area contributed by atoms with Crippen LogP contribution >= 0.6 is 0 Å². The van der Waals surface area contributed by atoms with Crippen molar-refractivity contribution >= 4 is 5.91 Å². The molecule has 1 aliphatic carbocycles. The van der Waals surface area contributed by atoms with Crippen molar-refractivity contribution < 1.29 is 9.90 Å². The van der Waals surface area contributed by atoms with E-state index in [0.29, 0.717) is 31.0 Å². The third-order valence-electron chi connectivity index (χ3n) is 4.15. The lowest BCUT2D eigenvalue weighted by molar-refractivity contribution is -0.135. The van der Waals surface area contributed by atoms with Crippen LogP contribution in [0.5, 0.6) is 0 Å². The van der Waals surface area contributed by atoms with Crippen molar-refractivity contribution in [3.05, 3.63) is 0 Å². The topological polar surface area (TPSA) is 52.6 Å². The fourth-order valence-electron chi connectivity index (χ4n) is 2.87. The zero-order chi connectivity index (χ0) is 14.0. The fraction of sp³-hybridized carbons (Fsp3) is 0.933. The number of carbonyl (C=O) groups is 1. The van der Waals surface area contributed by atoms with Crippen LogP contribution in [-0.4, -0.2) is 47.2 Å². The second-order valence-corrected chi connectivity index (χ2v) is 6.77. The summed E-state index contributed by atoms with van der Waals surface area (Å²) in [5.74, 6) is 0.846. The Balaban J connectivity index is 1.94. The zero-order valence-corrected chi connectivity index (χ0v) is 12.4. The molecule has 0 bridgehead atoms. The van der Waals surface area contributed by atoms with Gasteiger partial charge in [-0.15, -0.1) is 0 Å². The molecule has 0 radical (unpaired) electrons. The molecule has 1 saturated carbocycles. The predicted octanol–water partition coefficient (Wildman–Crippen LogP) is 1.38. The molecule has 2 N–H and O–H groups in total. The van der Waals surface area contributed by atoms with Gasteiger partial charge in [0.1, 0.15) is 0 Å². The summed E-state index contributed by atoms with van der Waals surface area (Å²) in [5.41, 5.74) is 0. The van der Waals surface area contributed by atoms with Crippen LogP contribution < -0.4 is 5.32 Å². The highest BCUT2D eigenvalue weighted by molar-refractivity contribution is 5.76. The van der Waals surface area contributed by atoms with E-state index in [1.54, 1.807) is 0 Å². The third-order valence-corrected chi connectivity index (χ3v) is 4.15. The van der Waals surface area contributed by atoms with Gasteiger partial charge in [0.2, 0.25) is 5.91 Å². The molecule has 0 spiro atoms. The van der Waals surface area contributed by atoms with Crippen LogP contribution in [0, 0.1) is 11.8 Å². The number of aliphatic hydroxyl groups is 1. The largest absolute Gasteiger partial charge is 0.393 e. The van der Waals surface area contributed by atoms with Gasteiger partial charge in [0.15, 0.2) is 0 Å². The van der Waals surface area contributed by atoms with Crippen molar-refractivity contribution in [3.63, 3.8) is 0 Å². The van der Waals surface area contributed by atoms with Gasteiger partial charge in [-0.25, -0.2) is 0 Å². The minimum atomic E-state index is -0.335. The molecule has 0 aromatic carbocycles. The Hall–Kier alpha value is -0.610. The van der Waals surface area contributed by atoms with Gasteiger partial charge in [-0.3, -0.25) is 4.79 Å². The summed E-state index contributed by atoms with van der Waals surface area (Å²) < 4.78 is 0. The van der Waals surface area contributed by atoms with Crippen LogP contribution in [-0.2, 0) is 4.79 Å². The summed E-state index contributed by atoms with van der Waals surface area (Å²) in [6, 6.07) is 1.01. The molecule has 0 aromatic heterocycles. The number of rotatable bonds is 5. The molecular weight excluding hydrogens is 240 g/mol. The Morgan fingerprint density at radius 2 is 1.95 bits per heavy atom. The molecule has 3 unspecified atom stereocenters. The molecule has 2 rings (SSSR count). The maximum Gasteiger partial charge on any atom is 0.222 e. The van der Waals surface area contributed by atoms with Crippen molar-refractivity contribution in [2.45, 2.75) is 64.6 Å². The van der Waals surface area contributed by atoms with Crippen LogP contribution in [0.1, 0.15) is 46.5 Å². The van der Waals surface area contributed by atoms with E-state index in [4.69, 9.17) is 0 Å². The highest BCUT2D eigenvalue weighted by atomic mass is 16.3. The highest BCUT2D eigenvalue weighted by Crippen LogP contribution is 2.26. The molecule has 4 nitrogen and oxygen atoms in total. The van der Waals surface area contributed by atoms with E-state index in [1.165, 1.54) is 12.8 Å². The lowest BCUT2D eigenvalue weighted by Gasteiger charge is -2.39. The molecule has 19 heavy (non-hydrogen) atoms. The molecule has 1 amide bonds.